The highest BCUT2D eigenvalue weighted by atomic mass is 79.9. The summed E-state index contributed by atoms with van der Waals surface area (Å²) in [5.41, 5.74) is 2.30. The van der Waals surface area contributed by atoms with Gasteiger partial charge in [-0.15, -0.1) is 0 Å². The number of nitrogens with one attached hydrogen (secondary N) is 1. The molecule has 0 aliphatic heterocycles. The fourth-order valence-electron chi connectivity index (χ4n) is 1.78. The predicted octanol–water partition coefficient (Wildman–Crippen LogP) is 4.61. The molecule has 0 aromatic heterocycles. The lowest BCUT2D eigenvalue weighted by Crippen LogP contribution is -2.24. The van der Waals surface area contributed by atoms with E-state index in [0.717, 1.165) is 15.9 Å². The summed E-state index contributed by atoms with van der Waals surface area (Å²) in [6, 6.07) is 4.54. The molecule has 2 nitrogen and oxygen atoms in total. The Balaban J connectivity index is 2.97. The van der Waals surface area contributed by atoms with E-state index in [1.807, 2.05) is 6.07 Å². The Kier molecular flexibility index (Phi) is 5.31. The lowest BCUT2D eigenvalue weighted by Gasteiger charge is -2.24. The summed E-state index contributed by atoms with van der Waals surface area (Å²) >= 11 is 3.49. The van der Waals surface area contributed by atoms with Gasteiger partial charge in [0.05, 0.1) is 12.8 Å². The van der Waals surface area contributed by atoms with Gasteiger partial charge >= 0.3 is 0 Å². The minimum absolute atomic E-state index is 0.439. The summed E-state index contributed by atoms with van der Waals surface area (Å²) in [5, 5.41) is 3.56. The predicted molar refractivity (Wildman–Crippen MR) is 78.0 cm³/mol. The van der Waals surface area contributed by atoms with Crippen molar-refractivity contribution in [3.63, 3.8) is 0 Å². The number of hydrogen-bond acceptors (Lipinski definition) is 2. The molecule has 0 bridgehead atoms. The van der Waals surface area contributed by atoms with Gasteiger partial charge in [0.1, 0.15) is 5.75 Å². The number of benzene rings is 1. The molecule has 0 saturated heterocycles. The first-order chi connectivity index (χ1) is 7.99. The van der Waals surface area contributed by atoms with Gasteiger partial charge < -0.3 is 10.1 Å². The Morgan fingerprint density at radius 2 is 2.00 bits per heavy atom. The van der Waals surface area contributed by atoms with Gasteiger partial charge in [0.2, 0.25) is 0 Å². The molecule has 1 aromatic carbocycles. The first-order valence-electron chi connectivity index (χ1n) is 6.10. The molecule has 3 heteroatoms. The maximum Gasteiger partial charge on any atom is 0.143 e. The second-order valence-corrected chi connectivity index (χ2v) is 5.53. The molecule has 2 unspecified atom stereocenters. The highest BCUT2D eigenvalue weighted by Crippen LogP contribution is 2.33. The van der Waals surface area contributed by atoms with Crippen LogP contribution in [0, 0.1) is 12.8 Å². The zero-order valence-corrected chi connectivity index (χ0v) is 12.9. The highest BCUT2D eigenvalue weighted by molar-refractivity contribution is 9.10. The van der Waals surface area contributed by atoms with E-state index in [4.69, 9.17) is 4.74 Å². The topological polar surface area (TPSA) is 21.3 Å². The van der Waals surface area contributed by atoms with E-state index in [0.29, 0.717) is 12.0 Å². The quantitative estimate of drug-likeness (QED) is 0.857. The molecule has 0 spiro atoms. The molecule has 1 N–H and O–H groups in total. The smallest absolute Gasteiger partial charge is 0.143 e. The van der Waals surface area contributed by atoms with Gasteiger partial charge in [0.25, 0.3) is 0 Å². The molecular weight excluding hydrogens is 278 g/mol. The molecule has 17 heavy (non-hydrogen) atoms. The van der Waals surface area contributed by atoms with E-state index in [1.54, 1.807) is 7.11 Å². The van der Waals surface area contributed by atoms with Gasteiger partial charge in [-0.1, -0.05) is 36.2 Å². The van der Waals surface area contributed by atoms with Crippen LogP contribution in [0.5, 0.6) is 5.75 Å². The van der Waals surface area contributed by atoms with Crippen LogP contribution < -0.4 is 10.1 Å². The largest absolute Gasteiger partial charge is 0.495 e. The van der Waals surface area contributed by atoms with Crippen molar-refractivity contribution in [1.29, 1.82) is 0 Å². The second kappa shape index (κ2) is 6.29. The number of halogens is 1. The van der Waals surface area contributed by atoms with Crippen molar-refractivity contribution in [3.05, 3.63) is 22.2 Å². The molecule has 0 aliphatic rings. The summed E-state index contributed by atoms with van der Waals surface area (Å²) < 4.78 is 6.48. The summed E-state index contributed by atoms with van der Waals surface area (Å²) in [6.07, 6.45) is 1.17. The minimum atomic E-state index is 0.439. The maximum atomic E-state index is 5.43. The molecule has 1 rings (SSSR count). The number of rotatable bonds is 5. The molecule has 0 fully saturated rings. The van der Waals surface area contributed by atoms with Crippen LogP contribution in [0.25, 0.3) is 0 Å². The zero-order valence-electron chi connectivity index (χ0n) is 11.3. The van der Waals surface area contributed by atoms with E-state index in [1.165, 1.54) is 12.0 Å². The molecular formula is C14H22BrNO. The SMILES string of the molecule is CCC(C)C(C)Nc1c(C)cc(Br)cc1OC. The van der Waals surface area contributed by atoms with Crippen molar-refractivity contribution in [3.8, 4) is 5.75 Å². The van der Waals surface area contributed by atoms with Gasteiger partial charge in [0, 0.05) is 10.5 Å². The van der Waals surface area contributed by atoms with Crippen LogP contribution in [-0.2, 0) is 0 Å². The standard InChI is InChI=1S/C14H22BrNO/c1-6-9(2)11(4)16-14-10(3)7-12(15)8-13(14)17-5/h7-9,11,16H,6H2,1-5H3. The molecule has 0 radical (unpaired) electrons. The van der Waals surface area contributed by atoms with Gasteiger partial charge in [0.15, 0.2) is 0 Å². The van der Waals surface area contributed by atoms with Crippen LogP contribution in [0.3, 0.4) is 0 Å². The van der Waals surface area contributed by atoms with Crippen LogP contribution in [0.15, 0.2) is 16.6 Å². The lowest BCUT2D eigenvalue weighted by atomic mass is 10.00. The van der Waals surface area contributed by atoms with E-state index in [9.17, 15) is 0 Å². The minimum Gasteiger partial charge on any atom is -0.495 e. The normalized spacial score (nSPS) is 14.2. The Morgan fingerprint density at radius 3 is 2.53 bits per heavy atom. The average molecular weight is 300 g/mol. The van der Waals surface area contributed by atoms with E-state index >= 15 is 0 Å². The molecule has 0 heterocycles. The number of ether oxygens (including phenoxy) is 1. The van der Waals surface area contributed by atoms with Crippen LogP contribution >= 0.6 is 15.9 Å². The Hall–Kier alpha value is -0.700. The number of aryl methyl sites for hydroxylation is 1. The Morgan fingerprint density at radius 1 is 1.35 bits per heavy atom. The van der Waals surface area contributed by atoms with Crippen LogP contribution in [0.4, 0.5) is 5.69 Å². The zero-order chi connectivity index (χ0) is 13.0. The summed E-state index contributed by atoms with van der Waals surface area (Å²) in [7, 11) is 1.71. The Bertz CT molecular complexity index is 379. The van der Waals surface area contributed by atoms with Crippen molar-refractivity contribution < 1.29 is 4.74 Å². The number of methoxy groups -OCH3 is 1. The van der Waals surface area contributed by atoms with Crippen molar-refractivity contribution in [1.82, 2.24) is 0 Å². The third kappa shape index (κ3) is 3.63. The Labute approximate surface area is 113 Å². The van der Waals surface area contributed by atoms with Gasteiger partial charge in [-0.25, -0.2) is 0 Å². The van der Waals surface area contributed by atoms with Gasteiger partial charge in [-0.3, -0.25) is 0 Å². The summed E-state index contributed by atoms with van der Waals surface area (Å²) in [5.74, 6) is 1.54. The van der Waals surface area contributed by atoms with Crippen molar-refractivity contribution >= 4 is 21.6 Å². The first kappa shape index (κ1) is 14.4. The number of hydrogen-bond donors (Lipinski definition) is 1. The van der Waals surface area contributed by atoms with Gasteiger partial charge in [-0.2, -0.15) is 0 Å². The van der Waals surface area contributed by atoms with Crippen LogP contribution in [-0.4, -0.2) is 13.2 Å². The first-order valence-corrected chi connectivity index (χ1v) is 6.89. The lowest BCUT2D eigenvalue weighted by molar-refractivity contribution is 0.413. The summed E-state index contributed by atoms with van der Waals surface area (Å²) in [6.45, 7) is 8.79. The molecule has 0 amide bonds. The molecule has 96 valence electrons. The highest BCUT2D eigenvalue weighted by Gasteiger charge is 2.14. The average Bonchev–Trinajstić information content (AvgIpc) is 2.30. The van der Waals surface area contributed by atoms with E-state index in [2.05, 4.69) is 55.0 Å². The molecule has 1 aromatic rings. The van der Waals surface area contributed by atoms with E-state index < -0.39 is 0 Å². The third-order valence-corrected chi connectivity index (χ3v) is 3.81. The van der Waals surface area contributed by atoms with Crippen molar-refractivity contribution in [2.24, 2.45) is 5.92 Å². The second-order valence-electron chi connectivity index (χ2n) is 4.62. The number of anilines is 1. The van der Waals surface area contributed by atoms with E-state index in [-0.39, 0.29) is 0 Å². The monoisotopic (exact) mass is 299 g/mol. The third-order valence-electron chi connectivity index (χ3n) is 3.35. The molecule has 0 aliphatic carbocycles. The molecule has 0 saturated carbocycles. The fraction of sp³-hybridized carbons (Fsp3) is 0.571. The summed E-state index contributed by atoms with van der Waals surface area (Å²) in [4.78, 5) is 0. The molecule has 2 atom stereocenters. The van der Waals surface area contributed by atoms with Gasteiger partial charge in [-0.05, 0) is 37.5 Å². The van der Waals surface area contributed by atoms with Crippen molar-refractivity contribution in [2.75, 3.05) is 12.4 Å². The van der Waals surface area contributed by atoms with Crippen LogP contribution in [0.2, 0.25) is 0 Å². The van der Waals surface area contributed by atoms with Crippen molar-refractivity contribution in [2.45, 2.75) is 40.2 Å². The fourth-order valence-corrected chi connectivity index (χ4v) is 2.33. The maximum absolute atomic E-state index is 5.43. The van der Waals surface area contributed by atoms with Crippen LogP contribution in [0.1, 0.15) is 32.8 Å².